The average molecular weight is 323 g/mol. The minimum atomic E-state index is 0.300. The molecule has 0 bridgehead atoms. The Labute approximate surface area is 127 Å². The summed E-state index contributed by atoms with van der Waals surface area (Å²) in [7, 11) is 0. The van der Waals surface area contributed by atoms with Crippen LogP contribution in [0.3, 0.4) is 0 Å². The third kappa shape index (κ3) is 2.14. The van der Waals surface area contributed by atoms with Gasteiger partial charge in [0.15, 0.2) is 5.82 Å². The third-order valence-electron chi connectivity index (χ3n) is 2.53. The zero-order valence-corrected chi connectivity index (χ0v) is 12.0. The van der Waals surface area contributed by atoms with E-state index < -0.39 is 0 Å². The summed E-state index contributed by atoms with van der Waals surface area (Å²) in [4.78, 5) is 0. The molecule has 0 fully saturated rings. The van der Waals surface area contributed by atoms with Gasteiger partial charge in [0.2, 0.25) is 0 Å². The monoisotopic (exact) mass is 322 g/mol. The molecule has 0 atom stereocenters. The summed E-state index contributed by atoms with van der Waals surface area (Å²) in [6.07, 6.45) is 1.44. The first kappa shape index (κ1) is 13.0. The molecule has 3 rings (SSSR count). The van der Waals surface area contributed by atoms with Crippen molar-refractivity contribution in [3.05, 3.63) is 33.9 Å². The fourth-order valence-corrected chi connectivity index (χ4v) is 2.79. The van der Waals surface area contributed by atoms with E-state index >= 15 is 0 Å². The third-order valence-corrected chi connectivity index (χ3v) is 3.64. The number of halogens is 2. The summed E-state index contributed by atoms with van der Waals surface area (Å²) in [6.45, 7) is 0. The van der Waals surface area contributed by atoms with E-state index in [1.807, 2.05) is 6.07 Å². The number of nitrogens with one attached hydrogen (secondary N) is 1. The van der Waals surface area contributed by atoms with Crippen molar-refractivity contribution in [3.63, 3.8) is 0 Å². The van der Waals surface area contributed by atoms with E-state index in [4.69, 9.17) is 28.5 Å². The molecule has 1 N–H and O–H groups in total. The van der Waals surface area contributed by atoms with E-state index in [0.717, 1.165) is 11.4 Å². The molecule has 1 aliphatic rings. The summed E-state index contributed by atoms with van der Waals surface area (Å²) in [5.74, 6) is 0.300. The molecule has 0 radical (unpaired) electrons. The fraction of sp³-hybridized carbons (Fsp3) is 0. The number of fused-ring (bicyclic) bond motifs is 1. The summed E-state index contributed by atoms with van der Waals surface area (Å²) in [6, 6.07) is 5.14. The lowest BCUT2D eigenvalue weighted by atomic mass is 10.2. The van der Waals surface area contributed by atoms with Gasteiger partial charge in [-0.2, -0.15) is 19.1 Å². The van der Waals surface area contributed by atoms with Crippen LogP contribution < -0.4 is 5.32 Å². The Hall–Kier alpha value is -2.01. The van der Waals surface area contributed by atoms with Gasteiger partial charge in [0.25, 0.3) is 0 Å². The van der Waals surface area contributed by atoms with Crippen LogP contribution in [0.5, 0.6) is 0 Å². The molecule has 1 aromatic heterocycles. The highest BCUT2D eigenvalue weighted by molar-refractivity contribution is 7.58. The number of aromatic nitrogens is 2. The first-order chi connectivity index (χ1) is 9.70. The molecule has 6 nitrogen and oxygen atoms in total. The highest BCUT2D eigenvalue weighted by Crippen LogP contribution is 2.48. The van der Waals surface area contributed by atoms with Gasteiger partial charge >= 0.3 is 0 Å². The second kappa shape index (κ2) is 5.17. The van der Waals surface area contributed by atoms with Crippen LogP contribution in [0.25, 0.3) is 0 Å². The Morgan fingerprint density at radius 1 is 1.20 bits per heavy atom. The van der Waals surface area contributed by atoms with Crippen molar-refractivity contribution in [2.24, 2.45) is 8.73 Å². The number of nitriles is 1. The Kier molecular flexibility index (Phi) is 3.36. The highest BCUT2D eigenvalue weighted by atomic mass is 35.5. The maximum absolute atomic E-state index is 9.05. The van der Waals surface area contributed by atoms with Crippen LogP contribution in [0.2, 0.25) is 10.0 Å². The predicted octanol–water partition coefficient (Wildman–Crippen LogP) is 4.13. The molecule has 0 aliphatic carbocycles. The Balaban J connectivity index is 2.12. The molecule has 9 heteroatoms. The second-order valence-electron chi connectivity index (χ2n) is 3.71. The average Bonchev–Trinajstić information content (AvgIpc) is 2.93. The molecule has 0 spiro atoms. The molecule has 20 heavy (non-hydrogen) atoms. The zero-order chi connectivity index (χ0) is 14.1. The quantitative estimate of drug-likeness (QED) is 0.768. The Morgan fingerprint density at radius 3 is 2.80 bits per heavy atom. The zero-order valence-electron chi connectivity index (χ0n) is 9.63. The van der Waals surface area contributed by atoms with E-state index in [1.165, 1.54) is 6.20 Å². The Bertz CT molecular complexity index is 822. The molecule has 0 saturated heterocycles. The lowest BCUT2D eigenvalue weighted by molar-refractivity contribution is 1.03. The first-order valence-corrected chi connectivity index (χ1v) is 6.78. The van der Waals surface area contributed by atoms with Gasteiger partial charge in [-0.05, 0) is 12.1 Å². The van der Waals surface area contributed by atoms with Crippen molar-refractivity contribution < 1.29 is 0 Å². The topological polar surface area (TPSA) is 86.3 Å². The molecule has 1 aromatic carbocycles. The normalized spacial score (nSPS) is 11.7. The van der Waals surface area contributed by atoms with E-state index in [2.05, 4.69) is 24.2 Å². The largest absolute Gasteiger partial charge is 0.335 e. The van der Waals surface area contributed by atoms with E-state index in [9.17, 15) is 0 Å². The van der Waals surface area contributed by atoms with Crippen LogP contribution >= 0.6 is 23.2 Å². The lowest BCUT2D eigenvalue weighted by Crippen LogP contribution is -1.99. The van der Waals surface area contributed by atoms with E-state index in [1.54, 1.807) is 12.1 Å². The van der Waals surface area contributed by atoms with Gasteiger partial charge < -0.3 is 5.32 Å². The van der Waals surface area contributed by atoms with Crippen LogP contribution in [0.1, 0.15) is 5.56 Å². The molecule has 2 heterocycles. The van der Waals surface area contributed by atoms with Crippen LogP contribution in [0.15, 0.2) is 27.1 Å². The lowest BCUT2D eigenvalue weighted by Gasteiger charge is -2.11. The van der Waals surface area contributed by atoms with Gasteiger partial charge in [-0.15, -0.1) is 5.10 Å². The number of rotatable bonds is 2. The molecule has 2 aromatic rings. The van der Waals surface area contributed by atoms with Crippen molar-refractivity contribution in [1.29, 1.82) is 5.26 Å². The molecule has 98 valence electrons. The van der Waals surface area contributed by atoms with Crippen molar-refractivity contribution in [1.82, 2.24) is 10.2 Å². The minimum absolute atomic E-state index is 0.300. The predicted molar refractivity (Wildman–Crippen MR) is 78.0 cm³/mol. The standard InChI is InChI=1S/C11H4Cl2N6S/c12-6-3-7(13)9-10(19-20-18-9)8(6)16-11-5(4-14)1-2-15-17-11/h1-3H,(H,16,17). The van der Waals surface area contributed by atoms with Crippen molar-refractivity contribution in [2.45, 2.75) is 0 Å². The van der Waals surface area contributed by atoms with Gasteiger partial charge in [0.1, 0.15) is 17.4 Å². The van der Waals surface area contributed by atoms with Crippen LogP contribution in [0.4, 0.5) is 22.9 Å². The molecular formula is C11H4Cl2N6S. The van der Waals surface area contributed by atoms with Crippen molar-refractivity contribution in [3.8, 4) is 6.07 Å². The maximum atomic E-state index is 9.05. The molecule has 0 amide bonds. The molecule has 0 saturated carbocycles. The van der Waals surface area contributed by atoms with Crippen molar-refractivity contribution in [2.75, 3.05) is 5.32 Å². The van der Waals surface area contributed by atoms with Crippen molar-refractivity contribution >= 4 is 57.4 Å². The molecule has 1 aliphatic heterocycles. The van der Waals surface area contributed by atoms with Crippen LogP contribution in [0, 0.1) is 11.3 Å². The summed E-state index contributed by atoms with van der Waals surface area (Å²) < 4.78 is 8.26. The summed E-state index contributed by atoms with van der Waals surface area (Å²) in [5, 5.41) is 20.4. The molecular weight excluding hydrogens is 319 g/mol. The van der Waals surface area contributed by atoms with Gasteiger partial charge in [-0.25, -0.2) is 0 Å². The fourth-order valence-electron chi connectivity index (χ4n) is 1.63. The van der Waals surface area contributed by atoms with Gasteiger partial charge in [-0.1, -0.05) is 23.2 Å². The van der Waals surface area contributed by atoms with E-state index in [0.29, 0.717) is 38.5 Å². The number of anilines is 2. The van der Waals surface area contributed by atoms with E-state index in [-0.39, 0.29) is 0 Å². The number of hydrogen-bond acceptors (Lipinski definition) is 6. The first-order valence-electron chi connectivity index (χ1n) is 5.30. The molecule has 0 unspecified atom stereocenters. The van der Waals surface area contributed by atoms with Gasteiger partial charge in [0, 0.05) is 0 Å². The number of hydrogen-bond donors (Lipinski definition) is 1. The van der Waals surface area contributed by atoms with Crippen LogP contribution in [-0.4, -0.2) is 10.2 Å². The second-order valence-corrected chi connectivity index (χ2v) is 5.05. The maximum Gasteiger partial charge on any atom is 0.171 e. The SMILES string of the molecule is N#Cc1ccnnc1Nc1c(Cl)cc(Cl)c2c1N=S=N2. The van der Waals surface area contributed by atoms with Gasteiger partial charge in [0.05, 0.1) is 38.8 Å². The smallest absolute Gasteiger partial charge is 0.171 e. The Morgan fingerprint density at radius 2 is 2.00 bits per heavy atom. The summed E-state index contributed by atoms with van der Waals surface area (Å²) >= 11 is 13.2. The van der Waals surface area contributed by atoms with Gasteiger partial charge in [-0.3, -0.25) is 0 Å². The summed E-state index contributed by atoms with van der Waals surface area (Å²) in [5.41, 5.74) is 1.92. The van der Waals surface area contributed by atoms with Crippen LogP contribution in [-0.2, 0) is 11.4 Å². The number of benzene rings is 1. The minimum Gasteiger partial charge on any atom is -0.335 e. The highest BCUT2D eigenvalue weighted by Gasteiger charge is 2.20. The number of nitrogens with zero attached hydrogens (tertiary/aromatic N) is 5.